The van der Waals surface area contributed by atoms with Crippen molar-refractivity contribution in [2.75, 3.05) is 6.61 Å². The van der Waals surface area contributed by atoms with E-state index in [0.29, 0.717) is 13.2 Å². The predicted octanol–water partition coefficient (Wildman–Crippen LogP) is 4.55. The largest absolute Gasteiger partial charge is 0.492 e. The van der Waals surface area contributed by atoms with E-state index in [1.54, 1.807) is 0 Å². The van der Waals surface area contributed by atoms with E-state index in [2.05, 4.69) is 54.0 Å². The maximum absolute atomic E-state index is 5.95. The second-order valence-corrected chi connectivity index (χ2v) is 6.64. The number of nitrogens with two attached hydrogens (primary N) is 1. The van der Waals surface area contributed by atoms with Crippen LogP contribution in [0.4, 0.5) is 0 Å². The van der Waals surface area contributed by atoms with Crippen LogP contribution in [0.5, 0.6) is 5.75 Å². The van der Waals surface area contributed by atoms with E-state index in [1.165, 1.54) is 5.56 Å². The Hall–Kier alpha value is -3.11. The molecule has 0 aliphatic carbocycles. The molecule has 4 rings (SSSR count). The molecule has 0 saturated carbocycles. The van der Waals surface area contributed by atoms with Crippen molar-refractivity contribution in [2.45, 2.75) is 20.0 Å². The lowest BCUT2D eigenvalue weighted by molar-refractivity contribution is 0.301. The number of ether oxygens (including phenoxy) is 1. The van der Waals surface area contributed by atoms with Crippen LogP contribution in [0.25, 0.3) is 22.4 Å². The summed E-state index contributed by atoms with van der Waals surface area (Å²) in [5.41, 5.74) is 11.3. The molecule has 0 amide bonds. The quantitative estimate of drug-likeness (QED) is 0.551. The number of hydrogen-bond acceptors (Lipinski definition) is 3. The van der Waals surface area contributed by atoms with Crippen LogP contribution in [-0.4, -0.2) is 16.2 Å². The molecule has 0 atom stereocenters. The lowest BCUT2D eigenvalue weighted by atomic mass is 10.1. The minimum atomic E-state index is 0.543. The highest BCUT2D eigenvalue weighted by molar-refractivity contribution is 5.80. The van der Waals surface area contributed by atoms with E-state index < -0.39 is 0 Å². The van der Waals surface area contributed by atoms with Gasteiger partial charge in [-0.2, -0.15) is 0 Å². The van der Waals surface area contributed by atoms with Crippen LogP contribution in [0, 0.1) is 6.92 Å². The Morgan fingerprint density at radius 2 is 1.67 bits per heavy atom. The molecule has 0 spiro atoms. The number of fused-ring (bicyclic) bond motifs is 1. The summed E-state index contributed by atoms with van der Waals surface area (Å²) in [7, 11) is 0. The Morgan fingerprint density at radius 1 is 0.926 bits per heavy atom. The van der Waals surface area contributed by atoms with Crippen molar-refractivity contribution in [3.63, 3.8) is 0 Å². The van der Waals surface area contributed by atoms with Gasteiger partial charge in [0.05, 0.1) is 17.6 Å². The SMILES string of the molecule is Cc1ccc(OCCn2c(-c3ccc(CN)cc3)nc3ccccc32)cc1. The molecule has 0 bridgehead atoms. The molecule has 3 aromatic carbocycles. The molecule has 0 aliphatic heterocycles. The summed E-state index contributed by atoms with van der Waals surface area (Å²) in [6.07, 6.45) is 0. The van der Waals surface area contributed by atoms with E-state index in [-0.39, 0.29) is 0 Å². The molecule has 0 unspecified atom stereocenters. The van der Waals surface area contributed by atoms with Gasteiger partial charge in [-0.3, -0.25) is 0 Å². The van der Waals surface area contributed by atoms with Crippen molar-refractivity contribution in [2.24, 2.45) is 5.73 Å². The molecular weight excluding hydrogens is 334 g/mol. The van der Waals surface area contributed by atoms with Crippen molar-refractivity contribution in [3.05, 3.63) is 83.9 Å². The third kappa shape index (κ3) is 3.71. The number of imidazole rings is 1. The van der Waals surface area contributed by atoms with E-state index in [0.717, 1.165) is 40.3 Å². The number of para-hydroxylation sites is 2. The monoisotopic (exact) mass is 357 g/mol. The predicted molar refractivity (Wildman–Crippen MR) is 110 cm³/mol. The summed E-state index contributed by atoms with van der Waals surface area (Å²) in [6, 6.07) is 24.6. The number of aryl methyl sites for hydroxylation is 1. The average Bonchev–Trinajstić information content (AvgIpc) is 3.08. The van der Waals surface area contributed by atoms with Crippen molar-refractivity contribution in [3.8, 4) is 17.1 Å². The van der Waals surface area contributed by atoms with Gasteiger partial charge in [-0.1, -0.05) is 54.1 Å². The first kappa shape index (κ1) is 17.3. The second-order valence-electron chi connectivity index (χ2n) is 6.64. The van der Waals surface area contributed by atoms with Gasteiger partial charge in [-0.25, -0.2) is 4.98 Å². The standard InChI is InChI=1S/C23H23N3O/c1-17-6-12-20(13-7-17)27-15-14-26-22-5-3-2-4-21(22)25-23(26)19-10-8-18(16-24)9-11-19/h2-13H,14-16,24H2,1H3. The van der Waals surface area contributed by atoms with Crippen LogP contribution in [-0.2, 0) is 13.1 Å². The Bertz CT molecular complexity index is 1030. The molecule has 0 saturated heterocycles. The number of benzene rings is 3. The maximum Gasteiger partial charge on any atom is 0.141 e. The van der Waals surface area contributed by atoms with E-state index >= 15 is 0 Å². The van der Waals surface area contributed by atoms with Crippen molar-refractivity contribution in [1.82, 2.24) is 9.55 Å². The number of hydrogen-bond donors (Lipinski definition) is 1. The molecule has 136 valence electrons. The first-order valence-corrected chi connectivity index (χ1v) is 9.19. The first-order valence-electron chi connectivity index (χ1n) is 9.19. The summed E-state index contributed by atoms with van der Waals surface area (Å²) in [5, 5.41) is 0. The van der Waals surface area contributed by atoms with Crippen molar-refractivity contribution in [1.29, 1.82) is 0 Å². The summed E-state index contributed by atoms with van der Waals surface area (Å²) < 4.78 is 8.17. The lowest BCUT2D eigenvalue weighted by Gasteiger charge is -2.11. The number of rotatable bonds is 6. The smallest absolute Gasteiger partial charge is 0.141 e. The van der Waals surface area contributed by atoms with Gasteiger partial charge in [0.15, 0.2) is 0 Å². The van der Waals surface area contributed by atoms with Crippen LogP contribution in [0.1, 0.15) is 11.1 Å². The van der Waals surface area contributed by atoms with Gasteiger partial charge < -0.3 is 15.0 Å². The van der Waals surface area contributed by atoms with Gasteiger partial charge in [-0.15, -0.1) is 0 Å². The van der Waals surface area contributed by atoms with E-state index in [4.69, 9.17) is 15.5 Å². The fourth-order valence-electron chi connectivity index (χ4n) is 3.20. The number of aromatic nitrogens is 2. The van der Waals surface area contributed by atoms with Crippen molar-refractivity contribution < 1.29 is 4.74 Å². The normalized spacial score (nSPS) is 11.0. The topological polar surface area (TPSA) is 53.1 Å². The van der Waals surface area contributed by atoms with Gasteiger partial charge in [0.1, 0.15) is 18.2 Å². The summed E-state index contributed by atoms with van der Waals surface area (Å²) in [4.78, 5) is 4.85. The first-order chi connectivity index (χ1) is 13.2. The Morgan fingerprint density at radius 3 is 2.41 bits per heavy atom. The van der Waals surface area contributed by atoms with Gasteiger partial charge in [0.25, 0.3) is 0 Å². The van der Waals surface area contributed by atoms with E-state index in [9.17, 15) is 0 Å². The van der Waals surface area contributed by atoms with Crippen LogP contribution < -0.4 is 10.5 Å². The van der Waals surface area contributed by atoms with Crippen LogP contribution in [0.2, 0.25) is 0 Å². The van der Waals surface area contributed by atoms with Crippen LogP contribution in [0.15, 0.2) is 72.8 Å². The molecular formula is C23H23N3O. The molecule has 0 radical (unpaired) electrons. The molecule has 4 aromatic rings. The molecule has 2 N–H and O–H groups in total. The number of nitrogens with zero attached hydrogens (tertiary/aromatic N) is 2. The Labute approximate surface area is 159 Å². The summed E-state index contributed by atoms with van der Waals surface area (Å²) in [6.45, 7) is 3.92. The van der Waals surface area contributed by atoms with Gasteiger partial charge in [0.2, 0.25) is 0 Å². The van der Waals surface area contributed by atoms with Crippen molar-refractivity contribution >= 4 is 11.0 Å². The Kier molecular flexibility index (Phi) is 4.90. The average molecular weight is 357 g/mol. The molecule has 4 nitrogen and oxygen atoms in total. The molecule has 1 aromatic heterocycles. The third-order valence-electron chi connectivity index (χ3n) is 4.71. The fourth-order valence-corrected chi connectivity index (χ4v) is 3.20. The van der Waals surface area contributed by atoms with Gasteiger partial charge in [-0.05, 0) is 36.8 Å². The maximum atomic E-state index is 5.95. The third-order valence-corrected chi connectivity index (χ3v) is 4.71. The minimum Gasteiger partial charge on any atom is -0.492 e. The molecule has 4 heteroatoms. The summed E-state index contributed by atoms with van der Waals surface area (Å²) >= 11 is 0. The zero-order valence-corrected chi connectivity index (χ0v) is 15.4. The second kappa shape index (κ2) is 7.64. The zero-order valence-electron chi connectivity index (χ0n) is 15.4. The molecule has 1 heterocycles. The highest BCUT2D eigenvalue weighted by Gasteiger charge is 2.12. The minimum absolute atomic E-state index is 0.543. The highest BCUT2D eigenvalue weighted by Crippen LogP contribution is 2.25. The fraction of sp³-hybridized carbons (Fsp3) is 0.174. The van der Waals surface area contributed by atoms with Gasteiger partial charge >= 0.3 is 0 Å². The molecule has 0 fully saturated rings. The Balaban J connectivity index is 1.62. The zero-order chi connectivity index (χ0) is 18.6. The van der Waals surface area contributed by atoms with Crippen LogP contribution >= 0.6 is 0 Å². The molecule has 0 aliphatic rings. The molecule has 27 heavy (non-hydrogen) atoms. The summed E-state index contributed by atoms with van der Waals surface area (Å²) in [5.74, 6) is 1.84. The lowest BCUT2D eigenvalue weighted by Crippen LogP contribution is -2.09. The van der Waals surface area contributed by atoms with E-state index in [1.807, 2.05) is 30.3 Å². The van der Waals surface area contributed by atoms with Crippen LogP contribution in [0.3, 0.4) is 0 Å². The highest BCUT2D eigenvalue weighted by atomic mass is 16.5. The van der Waals surface area contributed by atoms with Gasteiger partial charge in [0, 0.05) is 12.1 Å².